The van der Waals surface area contributed by atoms with Crippen molar-refractivity contribution in [2.75, 3.05) is 6.26 Å². The standard InChI is InChI=1S/C15H11ClN2OS/c1-20-10-4-2-9(3-5-10)14(19)11-8-18-15-13(11)12(16)6-7-17-15/h2-8H,1H3,(H,17,18). The van der Waals surface area contributed by atoms with Gasteiger partial charge < -0.3 is 4.98 Å². The van der Waals surface area contributed by atoms with Crippen LogP contribution in [0, 0.1) is 0 Å². The number of nitrogens with zero attached hydrogens (tertiary/aromatic N) is 1. The van der Waals surface area contributed by atoms with Gasteiger partial charge in [0.2, 0.25) is 0 Å². The Bertz CT molecular complexity index is 780. The fourth-order valence-electron chi connectivity index (χ4n) is 2.09. The lowest BCUT2D eigenvalue weighted by Gasteiger charge is -2.02. The van der Waals surface area contributed by atoms with Crippen molar-refractivity contribution in [3.8, 4) is 0 Å². The number of carbonyl (C=O) groups excluding carboxylic acids is 1. The lowest BCUT2D eigenvalue weighted by Crippen LogP contribution is -2.00. The Morgan fingerprint density at radius 2 is 2.00 bits per heavy atom. The Kier molecular flexibility index (Phi) is 3.51. The second-order valence-corrected chi connectivity index (χ2v) is 5.56. The first-order valence-electron chi connectivity index (χ1n) is 6.01. The summed E-state index contributed by atoms with van der Waals surface area (Å²) in [5.74, 6) is -0.0567. The van der Waals surface area contributed by atoms with Gasteiger partial charge in [0.25, 0.3) is 0 Å². The van der Waals surface area contributed by atoms with E-state index in [1.54, 1.807) is 30.2 Å². The normalized spacial score (nSPS) is 10.9. The van der Waals surface area contributed by atoms with Crippen LogP contribution in [-0.4, -0.2) is 22.0 Å². The number of carbonyl (C=O) groups is 1. The molecule has 0 radical (unpaired) electrons. The zero-order chi connectivity index (χ0) is 14.1. The third-order valence-electron chi connectivity index (χ3n) is 3.12. The van der Waals surface area contributed by atoms with Crippen molar-refractivity contribution >= 4 is 40.2 Å². The van der Waals surface area contributed by atoms with Crippen LogP contribution in [0.25, 0.3) is 11.0 Å². The van der Waals surface area contributed by atoms with Crippen molar-refractivity contribution in [2.45, 2.75) is 4.90 Å². The van der Waals surface area contributed by atoms with Crippen LogP contribution >= 0.6 is 23.4 Å². The summed E-state index contributed by atoms with van der Waals surface area (Å²) in [6.07, 6.45) is 5.28. The molecule has 2 aromatic heterocycles. The monoisotopic (exact) mass is 302 g/mol. The van der Waals surface area contributed by atoms with Gasteiger partial charge in [-0.15, -0.1) is 11.8 Å². The number of pyridine rings is 1. The smallest absolute Gasteiger partial charge is 0.195 e. The molecule has 3 nitrogen and oxygen atoms in total. The van der Waals surface area contributed by atoms with Crippen molar-refractivity contribution in [3.05, 3.63) is 58.9 Å². The van der Waals surface area contributed by atoms with Crippen LogP contribution < -0.4 is 0 Å². The van der Waals surface area contributed by atoms with Crippen LogP contribution in [0.1, 0.15) is 15.9 Å². The Hall–Kier alpha value is -1.78. The van der Waals surface area contributed by atoms with E-state index in [0.29, 0.717) is 27.2 Å². The molecule has 0 spiro atoms. The molecule has 0 bridgehead atoms. The van der Waals surface area contributed by atoms with Gasteiger partial charge in [0, 0.05) is 28.2 Å². The van der Waals surface area contributed by atoms with Gasteiger partial charge in [0.1, 0.15) is 5.65 Å². The van der Waals surface area contributed by atoms with Crippen molar-refractivity contribution < 1.29 is 4.79 Å². The molecule has 0 amide bonds. The summed E-state index contributed by atoms with van der Waals surface area (Å²) in [6.45, 7) is 0. The largest absolute Gasteiger partial charge is 0.345 e. The first kappa shape index (κ1) is 13.2. The predicted molar refractivity (Wildman–Crippen MR) is 82.8 cm³/mol. The van der Waals surface area contributed by atoms with E-state index in [-0.39, 0.29) is 5.78 Å². The van der Waals surface area contributed by atoms with Crippen molar-refractivity contribution in [1.82, 2.24) is 9.97 Å². The molecule has 0 aliphatic carbocycles. The number of aromatic amines is 1. The predicted octanol–water partition coefficient (Wildman–Crippen LogP) is 4.17. The summed E-state index contributed by atoms with van der Waals surface area (Å²) in [5, 5.41) is 1.20. The highest BCUT2D eigenvalue weighted by Gasteiger charge is 2.16. The SMILES string of the molecule is CSc1ccc(C(=O)c2c[nH]c3nccc(Cl)c23)cc1. The molecule has 5 heteroatoms. The zero-order valence-corrected chi connectivity index (χ0v) is 12.3. The van der Waals surface area contributed by atoms with Crippen molar-refractivity contribution in [1.29, 1.82) is 0 Å². The van der Waals surface area contributed by atoms with Gasteiger partial charge in [0.05, 0.1) is 10.6 Å². The lowest BCUT2D eigenvalue weighted by atomic mass is 10.0. The quantitative estimate of drug-likeness (QED) is 0.583. The highest BCUT2D eigenvalue weighted by atomic mass is 35.5. The topological polar surface area (TPSA) is 45.8 Å². The van der Waals surface area contributed by atoms with Gasteiger partial charge in [0.15, 0.2) is 5.78 Å². The molecule has 0 fully saturated rings. The number of rotatable bonds is 3. The minimum atomic E-state index is -0.0567. The van der Waals surface area contributed by atoms with Gasteiger partial charge in [-0.05, 0) is 36.6 Å². The lowest BCUT2D eigenvalue weighted by molar-refractivity contribution is 0.104. The first-order chi connectivity index (χ1) is 9.70. The maximum Gasteiger partial charge on any atom is 0.195 e. The number of hydrogen-bond donors (Lipinski definition) is 1. The molecule has 0 aliphatic heterocycles. The average molecular weight is 303 g/mol. The van der Waals surface area contributed by atoms with E-state index in [9.17, 15) is 4.79 Å². The molecule has 0 saturated heterocycles. The summed E-state index contributed by atoms with van der Waals surface area (Å²) >= 11 is 7.81. The minimum Gasteiger partial charge on any atom is -0.345 e. The van der Waals surface area contributed by atoms with E-state index in [1.807, 2.05) is 30.5 Å². The second-order valence-electron chi connectivity index (χ2n) is 4.28. The average Bonchev–Trinajstić information content (AvgIpc) is 2.92. The molecule has 0 atom stereocenters. The van der Waals surface area contributed by atoms with Gasteiger partial charge in [-0.2, -0.15) is 0 Å². The highest BCUT2D eigenvalue weighted by Crippen LogP contribution is 2.27. The molecule has 3 aromatic rings. The molecule has 3 rings (SSSR count). The number of aromatic nitrogens is 2. The summed E-state index contributed by atoms with van der Waals surface area (Å²) in [4.78, 5) is 20.8. The number of halogens is 1. The van der Waals surface area contributed by atoms with E-state index in [4.69, 9.17) is 11.6 Å². The summed E-state index contributed by atoms with van der Waals surface area (Å²) in [5.41, 5.74) is 1.82. The van der Waals surface area contributed by atoms with E-state index >= 15 is 0 Å². The van der Waals surface area contributed by atoms with Crippen LogP contribution in [0.4, 0.5) is 0 Å². The zero-order valence-electron chi connectivity index (χ0n) is 10.7. The number of benzene rings is 1. The number of hydrogen-bond acceptors (Lipinski definition) is 3. The number of H-pyrrole nitrogens is 1. The minimum absolute atomic E-state index is 0.0567. The van der Waals surface area contributed by atoms with E-state index < -0.39 is 0 Å². The molecule has 20 heavy (non-hydrogen) atoms. The maximum absolute atomic E-state index is 12.6. The molecule has 0 saturated carbocycles. The van der Waals surface area contributed by atoms with E-state index in [0.717, 1.165) is 4.90 Å². The Labute approximate surface area is 125 Å². The third kappa shape index (κ3) is 2.21. The number of nitrogens with one attached hydrogen (secondary N) is 1. The fraction of sp³-hybridized carbons (Fsp3) is 0.0667. The molecule has 100 valence electrons. The first-order valence-corrected chi connectivity index (χ1v) is 7.61. The van der Waals surface area contributed by atoms with Gasteiger partial charge in [-0.25, -0.2) is 4.98 Å². The van der Waals surface area contributed by atoms with Crippen molar-refractivity contribution in [2.24, 2.45) is 0 Å². The second kappa shape index (κ2) is 5.31. The molecule has 0 unspecified atom stereocenters. The molecular formula is C15H11ClN2OS. The van der Waals surface area contributed by atoms with Gasteiger partial charge >= 0.3 is 0 Å². The van der Waals surface area contributed by atoms with Crippen LogP contribution in [0.5, 0.6) is 0 Å². The van der Waals surface area contributed by atoms with E-state index in [1.165, 1.54) is 0 Å². The van der Waals surface area contributed by atoms with Crippen molar-refractivity contribution in [3.63, 3.8) is 0 Å². The summed E-state index contributed by atoms with van der Waals surface area (Å²) in [6, 6.07) is 9.22. The van der Waals surface area contributed by atoms with Gasteiger partial charge in [-0.3, -0.25) is 4.79 Å². The molecule has 1 aromatic carbocycles. The van der Waals surface area contributed by atoms with Crippen LogP contribution in [0.15, 0.2) is 47.6 Å². The summed E-state index contributed by atoms with van der Waals surface area (Å²) in [7, 11) is 0. The van der Waals surface area contributed by atoms with Gasteiger partial charge in [-0.1, -0.05) is 11.6 Å². The van der Waals surface area contributed by atoms with Crippen LogP contribution in [0.3, 0.4) is 0 Å². The fourth-order valence-corrected chi connectivity index (χ4v) is 2.75. The molecule has 0 aliphatic rings. The Balaban J connectivity index is 2.08. The Morgan fingerprint density at radius 3 is 2.70 bits per heavy atom. The molecular weight excluding hydrogens is 292 g/mol. The molecule has 1 N–H and O–H groups in total. The van der Waals surface area contributed by atoms with Crippen LogP contribution in [0.2, 0.25) is 5.02 Å². The van der Waals surface area contributed by atoms with Crippen LogP contribution in [-0.2, 0) is 0 Å². The Morgan fingerprint density at radius 1 is 1.25 bits per heavy atom. The summed E-state index contributed by atoms with van der Waals surface area (Å²) < 4.78 is 0. The maximum atomic E-state index is 12.6. The number of fused-ring (bicyclic) bond motifs is 1. The highest BCUT2D eigenvalue weighted by molar-refractivity contribution is 7.98. The van der Waals surface area contributed by atoms with E-state index in [2.05, 4.69) is 9.97 Å². The number of thioether (sulfide) groups is 1. The third-order valence-corrected chi connectivity index (χ3v) is 4.18. The number of ketones is 1. The molecule has 2 heterocycles.